The van der Waals surface area contributed by atoms with Gasteiger partial charge in [-0.15, -0.1) is 0 Å². The van der Waals surface area contributed by atoms with Gasteiger partial charge in [-0.2, -0.15) is 5.26 Å². The number of hydrogen-bond donors (Lipinski definition) is 0. The molecule has 0 spiro atoms. The van der Waals surface area contributed by atoms with Crippen LogP contribution in [0.2, 0.25) is 0 Å². The number of nitrogens with zero attached hydrogens (tertiary/aromatic N) is 1. The molecule has 0 bridgehead atoms. The Morgan fingerprint density at radius 3 is 2.43 bits per heavy atom. The van der Waals surface area contributed by atoms with Crippen LogP contribution in [-0.4, -0.2) is 7.11 Å². The summed E-state index contributed by atoms with van der Waals surface area (Å²) in [6.07, 6.45) is 3.23. The molecule has 0 N–H and O–H groups in total. The lowest BCUT2D eigenvalue weighted by Crippen LogP contribution is -2.00. The van der Waals surface area contributed by atoms with E-state index in [0.717, 1.165) is 26.7 Å². The van der Waals surface area contributed by atoms with Gasteiger partial charge in [-0.25, -0.2) is 4.39 Å². The maximum Gasteiger partial charge on any atom is 0.141 e. The van der Waals surface area contributed by atoms with E-state index in [-0.39, 0.29) is 11.7 Å². The molecule has 0 aliphatic carbocycles. The normalized spacial score (nSPS) is 11.0. The van der Waals surface area contributed by atoms with Crippen LogP contribution in [0.5, 0.6) is 5.75 Å². The van der Waals surface area contributed by atoms with Crippen molar-refractivity contribution in [1.82, 2.24) is 0 Å². The van der Waals surface area contributed by atoms with E-state index < -0.39 is 0 Å². The lowest BCUT2D eigenvalue weighted by atomic mass is 9.89. The summed E-state index contributed by atoms with van der Waals surface area (Å²) in [6, 6.07) is 10.3. The zero-order valence-electron chi connectivity index (χ0n) is 13.2. The molecule has 0 saturated carbocycles. The Morgan fingerprint density at radius 2 is 1.91 bits per heavy atom. The van der Waals surface area contributed by atoms with Crippen LogP contribution in [0.15, 0.2) is 40.9 Å². The van der Waals surface area contributed by atoms with Gasteiger partial charge >= 0.3 is 0 Å². The number of benzene rings is 2. The number of allylic oxidation sites excluding steroid dienone is 1. The summed E-state index contributed by atoms with van der Waals surface area (Å²) < 4.78 is 19.7. The van der Waals surface area contributed by atoms with E-state index in [0.29, 0.717) is 5.75 Å². The summed E-state index contributed by atoms with van der Waals surface area (Å²) in [5.41, 5.74) is 3.68. The van der Waals surface area contributed by atoms with Crippen LogP contribution in [0.25, 0.3) is 17.2 Å². The summed E-state index contributed by atoms with van der Waals surface area (Å²) in [5.74, 6) is 0.634. The second-order valence-electron chi connectivity index (χ2n) is 5.39. The highest BCUT2D eigenvalue weighted by Crippen LogP contribution is 2.43. The van der Waals surface area contributed by atoms with Crippen LogP contribution < -0.4 is 4.74 Å². The maximum atomic E-state index is 13.3. The summed E-state index contributed by atoms with van der Waals surface area (Å²) in [6.45, 7) is 4.18. The van der Waals surface area contributed by atoms with E-state index >= 15 is 0 Å². The van der Waals surface area contributed by atoms with Crippen LogP contribution in [0, 0.1) is 17.1 Å². The first-order valence-corrected chi connectivity index (χ1v) is 8.01. The van der Waals surface area contributed by atoms with Gasteiger partial charge in [0.15, 0.2) is 0 Å². The predicted octanol–water partition coefficient (Wildman–Crippen LogP) is 5.92. The van der Waals surface area contributed by atoms with E-state index in [1.165, 1.54) is 18.2 Å². The second-order valence-corrected chi connectivity index (χ2v) is 6.25. The van der Waals surface area contributed by atoms with Gasteiger partial charge in [0, 0.05) is 11.6 Å². The lowest BCUT2D eigenvalue weighted by molar-refractivity contribution is 0.413. The number of halogens is 2. The van der Waals surface area contributed by atoms with Gasteiger partial charge in [0.05, 0.1) is 17.7 Å². The highest BCUT2D eigenvalue weighted by Gasteiger charge is 2.19. The molecule has 23 heavy (non-hydrogen) atoms. The van der Waals surface area contributed by atoms with Crippen molar-refractivity contribution in [3.05, 3.63) is 57.8 Å². The van der Waals surface area contributed by atoms with Crippen molar-refractivity contribution in [1.29, 1.82) is 5.26 Å². The average Bonchev–Trinajstić information content (AvgIpc) is 2.53. The fraction of sp³-hybridized carbons (Fsp3) is 0.211. The highest BCUT2D eigenvalue weighted by molar-refractivity contribution is 9.10. The van der Waals surface area contributed by atoms with Crippen molar-refractivity contribution >= 4 is 22.0 Å². The summed E-state index contributed by atoms with van der Waals surface area (Å²) >= 11 is 3.55. The summed E-state index contributed by atoms with van der Waals surface area (Å²) in [5, 5.41) is 8.91. The van der Waals surface area contributed by atoms with E-state index in [4.69, 9.17) is 10.00 Å². The van der Waals surface area contributed by atoms with Crippen molar-refractivity contribution in [2.24, 2.45) is 0 Å². The maximum absolute atomic E-state index is 13.3. The summed E-state index contributed by atoms with van der Waals surface area (Å²) in [4.78, 5) is 0. The molecule has 0 radical (unpaired) electrons. The highest BCUT2D eigenvalue weighted by atomic mass is 79.9. The SMILES string of the molecule is COc1c(Br)cc(C(C)C)c(/C=C/C#N)c1-c1ccc(F)cc1. The van der Waals surface area contributed by atoms with Crippen LogP contribution in [0.1, 0.15) is 30.9 Å². The van der Waals surface area contributed by atoms with Crippen LogP contribution in [-0.2, 0) is 0 Å². The van der Waals surface area contributed by atoms with Crippen LogP contribution >= 0.6 is 15.9 Å². The smallest absolute Gasteiger partial charge is 0.141 e. The van der Waals surface area contributed by atoms with Crippen LogP contribution in [0.3, 0.4) is 0 Å². The minimum atomic E-state index is -0.291. The fourth-order valence-corrected chi connectivity index (χ4v) is 3.15. The predicted molar refractivity (Wildman–Crippen MR) is 94.8 cm³/mol. The number of hydrogen-bond acceptors (Lipinski definition) is 2. The lowest BCUT2D eigenvalue weighted by Gasteiger charge is -2.20. The third kappa shape index (κ3) is 3.62. The topological polar surface area (TPSA) is 33.0 Å². The Morgan fingerprint density at radius 1 is 1.26 bits per heavy atom. The molecule has 2 aromatic rings. The Bertz CT molecular complexity index is 773. The molecule has 0 unspecified atom stereocenters. The fourth-order valence-electron chi connectivity index (χ4n) is 2.55. The first kappa shape index (κ1) is 17.2. The minimum absolute atomic E-state index is 0.259. The molecule has 4 heteroatoms. The molecule has 0 saturated heterocycles. The van der Waals surface area contributed by atoms with Gasteiger partial charge in [0.2, 0.25) is 0 Å². The molecule has 0 atom stereocenters. The number of rotatable bonds is 4. The van der Waals surface area contributed by atoms with E-state index in [1.807, 2.05) is 12.1 Å². The van der Waals surface area contributed by atoms with Crippen molar-refractivity contribution in [2.75, 3.05) is 7.11 Å². The van der Waals surface area contributed by atoms with Gasteiger partial charge in [-0.1, -0.05) is 26.0 Å². The van der Waals surface area contributed by atoms with E-state index in [2.05, 4.69) is 29.8 Å². The van der Waals surface area contributed by atoms with Crippen molar-refractivity contribution < 1.29 is 9.13 Å². The molecule has 2 aromatic carbocycles. The standard InChI is InChI=1S/C19H17BrFNO/c1-12(2)16-11-17(20)19(23-3)18(15(16)5-4-10-22)13-6-8-14(21)9-7-13/h4-9,11-12H,1-3H3/b5-4+. The second kappa shape index (κ2) is 7.43. The van der Waals surface area contributed by atoms with E-state index in [1.54, 1.807) is 25.3 Å². The molecular weight excluding hydrogens is 357 g/mol. The number of methoxy groups -OCH3 is 1. The van der Waals surface area contributed by atoms with Gasteiger partial charge in [0.1, 0.15) is 11.6 Å². The number of ether oxygens (including phenoxy) is 1. The molecule has 2 rings (SSSR count). The quantitative estimate of drug-likeness (QED) is 0.622. The Balaban J connectivity index is 2.86. The molecule has 0 aliphatic heterocycles. The van der Waals surface area contributed by atoms with Gasteiger partial charge in [-0.05, 0) is 62.8 Å². The molecule has 0 heterocycles. The Kier molecular flexibility index (Phi) is 5.57. The monoisotopic (exact) mass is 373 g/mol. The molecule has 2 nitrogen and oxygen atoms in total. The molecule has 0 aliphatic rings. The largest absolute Gasteiger partial charge is 0.495 e. The third-order valence-electron chi connectivity index (χ3n) is 3.59. The zero-order chi connectivity index (χ0) is 17.0. The average molecular weight is 374 g/mol. The Labute approximate surface area is 144 Å². The van der Waals surface area contributed by atoms with Gasteiger partial charge in [-0.3, -0.25) is 0 Å². The minimum Gasteiger partial charge on any atom is -0.495 e. The molecule has 0 aromatic heterocycles. The zero-order valence-corrected chi connectivity index (χ0v) is 14.8. The van der Waals surface area contributed by atoms with Crippen molar-refractivity contribution in [2.45, 2.75) is 19.8 Å². The summed E-state index contributed by atoms with van der Waals surface area (Å²) in [7, 11) is 1.60. The Hall–Kier alpha value is -2.12. The first-order chi connectivity index (χ1) is 11.0. The van der Waals surface area contributed by atoms with Gasteiger partial charge in [0.25, 0.3) is 0 Å². The third-order valence-corrected chi connectivity index (χ3v) is 4.18. The van der Waals surface area contributed by atoms with Crippen molar-refractivity contribution in [3.8, 4) is 22.9 Å². The number of nitriles is 1. The molecule has 0 amide bonds. The first-order valence-electron chi connectivity index (χ1n) is 7.22. The van der Waals surface area contributed by atoms with Crippen LogP contribution in [0.4, 0.5) is 4.39 Å². The van der Waals surface area contributed by atoms with Gasteiger partial charge < -0.3 is 4.74 Å². The molecule has 118 valence electrons. The van der Waals surface area contributed by atoms with E-state index in [9.17, 15) is 4.39 Å². The molecular formula is C19H17BrFNO. The van der Waals surface area contributed by atoms with Crippen molar-refractivity contribution in [3.63, 3.8) is 0 Å². The molecule has 0 fully saturated rings.